The third kappa shape index (κ3) is 6.42. The predicted octanol–water partition coefficient (Wildman–Crippen LogP) is 6.13. The number of ether oxygens (including phenoxy) is 1. The molecule has 0 amide bonds. The molecule has 0 aliphatic heterocycles. The lowest BCUT2D eigenvalue weighted by molar-refractivity contribution is 0.306. The SMILES string of the molecule is CCN(CC)CCNc1nc(/C=C/c2ccc(OCc3ccccc3)cc2)nc2ccccc12. The maximum absolute atomic E-state index is 5.88. The van der Waals surface area contributed by atoms with Gasteiger partial charge >= 0.3 is 0 Å². The van der Waals surface area contributed by atoms with Gasteiger partial charge in [-0.25, -0.2) is 9.97 Å². The molecule has 5 nitrogen and oxygen atoms in total. The maximum Gasteiger partial charge on any atom is 0.154 e. The van der Waals surface area contributed by atoms with Gasteiger partial charge in [0.1, 0.15) is 18.2 Å². The minimum Gasteiger partial charge on any atom is -0.489 e. The van der Waals surface area contributed by atoms with Crippen LogP contribution in [0.4, 0.5) is 5.82 Å². The number of rotatable bonds is 11. The molecule has 0 unspecified atom stereocenters. The highest BCUT2D eigenvalue weighted by Crippen LogP contribution is 2.21. The number of aromatic nitrogens is 2. The van der Waals surface area contributed by atoms with Gasteiger partial charge in [-0.15, -0.1) is 0 Å². The summed E-state index contributed by atoms with van der Waals surface area (Å²) in [6.45, 7) is 8.86. The summed E-state index contributed by atoms with van der Waals surface area (Å²) in [7, 11) is 0. The van der Waals surface area contributed by atoms with Crippen molar-refractivity contribution in [1.29, 1.82) is 0 Å². The normalized spacial score (nSPS) is 11.4. The number of nitrogens with one attached hydrogen (secondary N) is 1. The van der Waals surface area contributed by atoms with Crippen LogP contribution < -0.4 is 10.1 Å². The van der Waals surface area contributed by atoms with Gasteiger partial charge in [-0.1, -0.05) is 74.5 Å². The quantitative estimate of drug-likeness (QED) is 0.296. The summed E-state index contributed by atoms with van der Waals surface area (Å²) >= 11 is 0. The fourth-order valence-electron chi connectivity index (χ4n) is 3.76. The van der Waals surface area contributed by atoms with E-state index in [0.717, 1.165) is 59.8 Å². The van der Waals surface area contributed by atoms with E-state index in [4.69, 9.17) is 14.7 Å². The van der Waals surface area contributed by atoms with E-state index in [9.17, 15) is 0 Å². The summed E-state index contributed by atoms with van der Waals surface area (Å²) in [6.07, 6.45) is 3.99. The van der Waals surface area contributed by atoms with Crippen molar-refractivity contribution in [2.24, 2.45) is 0 Å². The number of likely N-dealkylation sites (N-methyl/N-ethyl adjacent to an activating group) is 1. The first kappa shape index (κ1) is 23.5. The maximum atomic E-state index is 5.88. The van der Waals surface area contributed by atoms with Gasteiger partial charge < -0.3 is 15.0 Å². The molecular formula is C29H32N4O. The summed E-state index contributed by atoms with van der Waals surface area (Å²) in [5.74, 6) is 2.41. The van der Waals surface area contributed by atoms with Crippen molar-refractivity contribution in [2.45, 2.75) is 20.5 Å². The third-order valence-electron chi connectivity index (χ3n) is 5.79. The van der Waals surface area contributed by atoms with Gasteiger partial charge in [-0.05, 0) is 54.6 Å². The van der Waals surface area contributed by atoms with Gasteiger partial charge in [-0.2, -0.15) is 0 Å². The minimum absolute atomic E-state index is 0.561. The summed E-state index contributed by atoms with van der Waals surface area (Å²) in [5, 5.41) is 4.56. The van der Waals surface area contributed by atoms with Gasteiger partial charge in [0.05, 0.1) is 5.52 Å². The topological polar surface area (TPSA) is 50.3 Å². The van der Waals surface area contributed by atoms with E-state index in [0.29, 0.717) is 12.4 Å². The second-order valence-corrected chi connectivity index (χ2v) is 8.08. The molecule has 1 heterocycles. The van der Waals surface area contributed by atoms with E-state index in [1.54, 1.807) is 0 Å². The standard InChI is InChI=1S/C29H32N4O/c1-3-33(4-2)21-20-30-29-26-12-8-9-13-27(26)31-28(32-29)19-16-23-14-17-25(18-15-23)34-22-24-10-6-5-7-11-24/h5-19H,3-4,20-22H2,1-2H3,(H,30,31,32)/b19-16+. The molecule has 0 atom stereocenters. The second kappa shape index (κ2) is 12.0. The zero-order valence-corrected chi connectivity index (χ0v) is 19.9. The van der Waals surface area contributed by atoms with Crippen LogP contribution in [0.3, 0.4) is 0 Å². The summed E-state index contributed by atoms with van der Waals surface area (Å²) in [5.41, 5.74) is 3.16. The van der Waals surface area contributed by atoms with E-state index in [2.05, 4.69) is 42.3 Å². The molecule has 0 aliphatic rings. The van der Waals surface area contributed by atoms with Crippen molar-refractivity contribution in [2.75, 3.05) is 31.5 Å². The Labute approximate surface area is 202 Å². The summed E-state index contributed by atoms with van der Waals surface area (Å²) in [6, 6.07) is 26.4. The monoisotopic (exact) mass is 452 g/mol. The molecule has 0 fully saturated rings. The van der Waals surface area contributed by atoms with Crippen LogP contribution in [0.25, 0.3) is 23.1 Å². The lowest BCUT2D eigenvalue weighted by atomic mass is 10.2. The van der Waals surface area contributed by atoms with Crippen molar-refractivity contribution >= 4 is 28.9 Å². The Hall–Kier alpha value is -3.70. The van der Waals surface area contributed by atoms with Crippen LogP contribution in [-0.4, -0.2) is 41.0 Å². The lowest BCUT2D eigenvalue weighted by Gasteiger charge is -2.18. The van der Waals surface area contributed by atoms with Crippen LogP contribution in [0.1, 0.15) is 30.8 Å². The Balaban J connectivity index is 1.44. The van der Waals surface area contributed by atoms with Gasteiger partial charge in [0.2, 0.25) is 0 Å². The molecule has 1 aromatic heterocycles. The summed E-state index contributed by atoms with van der Waals surface area (Å²) < 4.78 is 5.88. The van der Waals surface area contributed by atoms with Gasteiger partial charge in [0.15, 0.2) is 5.82 Å². The molecule has 4 aromatic rings. The molecule has 0 spiro atoms. The third-order valence-corrected chi connectivity index (χ3v) is 5.79. The van der Waals surface area contributed by atoms with E-state index < -0.39 is 0 Å². The highest BCUT2D eigenvalue weighted by Gasteiger charge is 2.07. The van der Waals surface area contributed by atoms with Gasteiger partial charge in [0.25, 0.3) is 0 Å². The largest absolute Gasteiger partial charge is 0.489 e. The van der Waals surface area contributed by atoms with Crippen LogP contribution in [-0.2, 0) is 6.61 Å². The Bertz CT molecular complexity index is 1200. The number of nitrogens with zero attached hydrogens (tertiary/aromatic N) is 3. The minimum atomic E-state index is 0.561. The number of para-hydroxylation sites is 1. The number of hydrogen-bond acceptors (Lipinski definition) is 5. The molecular weight excluding hydrogens is 420 g/mol. The van der Waals surface area contributed by atoms with Crippen LogP contribution in [0, 0.1) is 0 Å². The molecule has 3 aromatic carbocycles. The molecule has 0 saturated carbocycles. The van der Waals surface area contributed by atoms with Crippen molar-refractivity contribution in [3.8, 4) is 5.75 Å². The Morgan fingerprint density at radius 2 is 1.56 bits per heavy atom. The molecule has 5 heteroatoms. The average Bonchev–Trinajstić information content (AvgIpc) is 2.90. The van der Waals surface area contributed by atoms with E-state index in [1.165, 1.54) is 0 Å². The van der Waals surface area contributed by atoms with E-state index >= 15 is 0 Å². The molecule has 0 bridgehead atoms. The molecule has 0 saturated heterocycles. The average molecular weight is 453 g/mol. The van der Waals surface area contributed by atoms with Gasteiger partial charge in [-0.3, -0.25) is 0 Å². The van der Waals surface area contributed by atoms with Crippen LogP contribution >= 0.6 is 0 Å². The number of benzene rings is 3. The fourth-order valence-corrected chi connectivity index (χ4v) is 3.76. The Morgan fingerprint density at radius 3 is 2.32 bits per heavy atom. The molecule has 174 valence electrons. The van der Waals surface area contributed by atoms with Gasteiger partial charge in [0, 0.05) is 18.5 Å². The highest BCUT2D eigenvalue weighted by atomic mass is 16.5. The van der Waals surface area contributed by atoms with Crippen LogP contribution in [0.15, 0.2) is 78.9 Å². The molecule has 1 N–H and O–H groups in total. The van der Waals surface area contributed by atoms with Crippen molar-refractivity contribution in [3.63, 3.8) is 0 Å². The zero-order valence-electron chi connectivity index (χ0n) is 19.9. The second-order valence-electron chi connectivity index (χ2n) is 8.08. The zero-order chi connectivity index (χ0) is 23.6. The van der Waals surface area contributed by atoms with E-state index in [-0.39, 0.29) is 0 Å². The van der Waals surface area contributed by atoms with Crippen molar-refractivity contribution in [3.05, 3.63) is 95.8 Å². The van der Waals surface area contributed by atoms with E-state index in [1.807, 2.05) is 72.8 Å². The molecule has 4 rings (SSSR count). The highest BCUT2D eigenvalue weighted by molar-refractivity contribution is 5.90. The number of fused-ring (bicyclic) bond motifs is 1. The van der Waals surface area contributed by atoms with Crippen molar-refractivity contribution < 1.29 is 4.74 Å². The van der Waals surface area contributed by atoms with Crippen molar-refractivity contribution in [1.82, 2.24) is 14.9 Å². The first-order valence-corrected chi connectivity index (χ1v) is 11.9. The van der Waals surface area contributed by atoms with Crippen LogP contribution in [0.5, 0.6) is 5.75 Å². The predicted molar refractivity (Wildman–Crippen MR) is 142 cm³/mol. The molecule has 0 radical (unpaired) electrons. The fraction of sp³-hybridized carbons (Fsp3) is 0.241. The number of hydrogen-bond donors (Lipinski definition) is 1. The lowest BCUT2D eigenvalue weighted by Crippen LogP contribution is -2.28. The first-order chi connectivity index (χ1) is 16.7. The summed E-state index contributed by atoms with van der Waals surface area (Å²) in [4.78, 5) is 11.9. The molecule has 0 aliphatic carbocycles. The number of anilines is 1. The Kier molecular flexibility index (Phi) is 8.25. The Morgan fingerprint density at radius 1 is 0.824 bits per heavy atom. The smallest absolute Gasteiger partial charge is 0.154 e. The molecule has 34 heavy (non-hydrogen) atoms. The van der Waals surface area contributed by atoms with Crippen LogP contribution in [0.2, 0.25) is 0 Å². The first-order valence-electron chi connectivity index (χ1n) is 11.9.